The zero-order valence-electron chi connectivity index (χ0n) is 16.7. The summed E-state index contributed by atoms with van der Waals surface area (Å²) < 4.78 is 8.05. The average molecular weight is 371 g/mol. The topological polar surface area (TPSA) is 76.4 Å². The van der Waals surface area contributed by atoms with E-state index in [-0.39, 0.29) is 6.10 Å². The third kappa shape index (κ3) is 4.99. The van der Waals surface area contributed by atoms with Gasteiger partial charge in [0, 0.05) is 25.9 Å². The van der Waals surface area contributed by atoms with Gasteiger partial charge in [-0.05, 0) is 31.9 Å². The molecule has 7 nitrogen and oxygen atoms in total. The van der Waals surface area contributed by atoms with E-state index in [0.717, 1.165) is 54.7 Å². The van der Waals surface area contributed by atoms with Crippen LogP contribution in [-0.4, -0.2) is 46.5 Å². The number of ether oxygens (including phenoxy) is 1. The Morgan fingerprint density at radius 2 is 2.22 bits per heavy atom. The lowest BCUT2D eigenvalue weighted by Gasteiger charge is -2.26. The molecule has 2 N–H and O–H groups in total. The van der Waals surface area contributed by atoms with Crippen LogP contribution in [0.1, 0.15) is 37.5 Å². The Kier molecular flexibility index (Phi) is 6.32. The fourth-order valence-corrected chi connectivity index (χ4v) is 3.20. The van der Waals surface area contributed by atoms with Gasteiger partial charge in [-0.3, -0.25) is 4.99 Å². The number of benzene rings is 1. The van der Waals surface area contributed by atoms with Crippen molar-refractivity contribution in [1.29, 1.82) is 0 Å². The molecule has 0 aliphatic carbocycles. The third-order valence-electron chi connectivity index (χ3n) is 4.76. The lowest BCUT2D eigenvalue weighted by Crippen LogP contribution is -2.48. The van der Waals surface area contributed by atoms with Crippen molar-refractivity contribution in [2.24, 2.45) is 4.99 Å². The molecular formula is C20H30N6O. The summed E-state index contributed by atoms with van der Waals surface area (Å²) >= 11 is 0. The monoisotopic (exact) mass is 370 g/mol. The first-order valence-corrected chi connectivity index (χ1v) is 9.71. The van der Waals surface area contributed by atoms with Gasteiger partial charge < -0.3 is 15.4 Å². The molecule has 146 valence electrons. The van der Waals surface area contributed by atoms with Gasteiger partial charge in [0.25, 0.3) is 0 Å². The van der Waals surface area contributed by atoms with E-state index in [1.807, 2.05) is 22.9 Å². The molecule has 3 rings (SSSR count). The molecule has 0 saturated heterocycles. The summed E-state index contributed by atoms with van der Waals surface area (Å²) in [5.41, 5.74) is 1.14. The van der Waals surface area contributed by atoms with Crippen LogP contribution in [0.5, 0.6) is 5.75 Å². The van der Waals surface area contributed by atoms with Crippen molar-refractivity contribution in [3.05, 3.63) is 41.5 Å². The van der Waals surface area contributed by atoms with E-state index in [0.29, 0.717) is 12.6 Å². The van der Waals surface area contributed by atoms with Gasteiger partial charge in [-0.2, -0.15) is 5.10 Å². The van der Waals surface area contributed by atoms with E-state index >= 15 is 0 Å². The number of hydrogen-bond acceptors (Lipinski definition) is 4. The van der Waals surface area contributed by atoms with Gasteiger partial charge in [-0.1, -0.05) is 25.1 Å². The molecular weight excluding hydrogens is 340 g/mol. The number of para-hydroxylation sites is 1. The molecule has 0 spiro atoms. The van der Waals surface area contributed by atoms with Crippen molar-refractivity contribution in [3.63, 3.8) is 0 Å². The molecule has 2 aromatic rings. The fourth-order valence-electron chi connectivity index (χ4n) is 3.20. The molecule has 1 aliphatic rings. The predicted octanol–water partition coefficient (Wildman–Crippen LogP) is 2.10. The number of aryl methyl sites for hydroxylation is 3. The second-order valence-electron chi connectivity index (χ2n) is 7.01. The van der Waals surface area contributed by atoms with Crippen LogP contribution in [0, 0.1) is 6.92 Å². The van der Waals surface area contributed by atoms with E-state index in [2.05, 4.69) is 52.5 Å². The van der Waals surface area contributed by atoms with Crippen molar-refractivity contribution in [1.82, 2.24) is 25.4 Å². The Balaban J connectivity index is 1.49. The number of nitrogens with zero attached hydrogens (tertiary/aromatic N) is 4. The lowest BCUT2D eigenvalue weighted by atomic mass is 10.1. The Labute approximate surface area is 161 Å². The molecule has 0 bridgehead atoms. The average Bonchev–Trinajstić information content (AvgIpc) is 3.09. The van der Waals surface area contributed by atoms with Crippen LogP contribution in [0.15, 0.2) is 29.3 Å². The minimum absolute atomic E-state index is 0.0324. The summed E-state index contributed by atoms with van der Waals surface area (Å²) in [4.78, 5) is 8.92. The Morgan fingerprint density at radius 3 is 2.96 bits per heavy atom. The summed E-state index contributed by atoms with van der Waals surface area (Å²) in [6.07, 6.45) is 2.87. The molecule has 2 atom stereocenters. The van der Waals surface area contributed by atoms with Crippen molar-refractivity contribution < 1.29 is 4.74 Å². The van der Waals surface area contributed by atoms with Crippen molar-refractivity contribution in [2.45, 2.75) is 58.7 Å². The molecule has 7 heteroatoms. The maximum atomic E-state index is 6.02. The Hall–Kier alpha value is -2.57. The normalized spacial score (nSPS) is 17.9. The van der Waals surface area contributed by atoms with Crippen molar-refractivity contribution in [2.75, 3.05) is 13.6 Å². The molecule has 1 aliphatic heterocycles. The van der Waals surface area contributed by atoms with Crippen LogP contribution in [0.4, 0.5) is 0 Å². The molecule has 2 heterocycles. The molecule has 1 aromatic carbocycles. The fraction of sp³-hybridized carbons (Fsp3) is 0.550. The van der Waals surface area contributed by atoms with Gasteiger partial charge in [-0.25, -0.2) is 9.67 Å². The number of guanidine groups is 1. The molecule has 0 amide bonds. The molecule has 2 unspecified atom stereocenters. The molecule has 1 aromatic heterocycles. The Morgan fingerprint density at radius 1 is 1.41 bits per heavy atom. The van der Waals surface area contributed by atoms with E-state index in [1.165, 1.54) is 0 Å². The molecule has 0 radical (unpaired) electrons. The highest BCUT2D eigenvalue weighted by atomic mass is 16.5. The summed E-state index contributed by atoms with van der Waals surface area (Å²) in [5.74, 6) is 3.73. The highest BCUT2D eigenvalue weighted by molar-refractivity contribution is 5.80. The van der Waals surface area contributed by atoms with Crippen LogP contribution >= 0.6 is 0 Å². The SMILES string of the molecule is CCc1nc2n(n1)CC(NC(=NC)NCC(C)Oc1ccccc1C)CC2. The van der Waals surface area contributed by atoms with Crippen LogP contribution in [0.2, 0.25) is 0 Å². The highest BCUT2D eigenvalue weighted by Gasteiger charge is 2.22. The first-order chi connectivity index (χ1) is 13.1. The van der Waals surface area contributed by atoms with Crippen molar-refractivity contribution in [3.8, 4) is 5.75 Å². The van der Waals surface area contributed by atoms with Gasteiger partial charge in [0.15, 0.2) is 11.8 Å². The van der Waals surface area contributed by atoms with Gasteiger partial charge in [0.1, 0.15) is 17.7 Å². The smallest absolute Gasteiger partial charge is 0.191 e. The maximum absolute atomic E-state index is 6.02. The minimum atomic E-state index is 0.0324. The summed E-state index contributed by atoms with van der Waals surface area (Å²) in [7, 11) is 1.79. The standard InChI is InChI=1S/C20H30N6O/c1-5-18-24-19-11-10-16(13-26(19)25-18)23-20(21-4)22-12-15(3)27-17-9-7-6-8-14(17)2/h6-9,15-16H,5,10-13H2,1-4H3,(H2,21,22,23). The quantitative estimate of drug-likeness (QED) is 0.602. The first-order valence-electron chi connectivity index (χ1n) is 9.71. The predicted molar refractivity (Wildman–Crippen MR) is 107 cm³/mol. The number of nitrogens with one attached hydrogen (secondary N) is 2. The maximum Gasteiger partial charge on any atom is 0.191 e. The molecule has 0 fully saturated rings. The van der Waals surface area contributed by atoms with E-state index in [4.69, 9.17) is 4.74 Å². The summed E-state index contributed by atoms with van der Waals surface area (Å²) in [6.45, 7) is 7.69. The Bertz CT molecular complexity index is 785. The largest absolute Gasteiger partial charge is 0.489 e. The highest BCUT2D eigenvalue weighted by Crippen LogP contribution is 2.17. The third-order valence-corrected chi connectivity index (χ3v) is 4.76. The van der Waals surface area contributed by atoms with E-state index < -0.39 is 0 Å². The van der Waals surface area contributed by atoms with Crippen LogP contribution in [0.3, 0.4) is 0 Å². The summed E-state index contributed by atoms with van der Waals surface area (Å²) in [5, 5.41) is 11.4. The number of aliphatic imine (C=N–C) groups is 1. The number of rotatable bonds is 6. The van der Waals surface area contributed by atoms with Gasteiger partial charge in [0.2, 0.25) is 0 Å². The van der Waals surface area contributed by atoms with Gasteiger partial charge >= 0.3 is 0 Å². The van der Waals surface area contributed by atoms with E-state index in [9.17, 15) is 0 Å². The second-order valence-corrected chi connectivity index (χ2v) is 7.01. The van der Waals surface area contributed by atoms with Crippen LogP contribution in [0.25, 0.3) is 0 Å². The van der Waals surface area contributed by atoms with Crippen LogP contribution < -0.4 is 15.4 Å². The zero-order valence-corrected chi connectivity index (χ0v) is 16.7. The molecule has 27 heavy (non-hydrogen) atoms. The summed E-state index contributed by atoms with van der Waals surface area (Å²) in [6, 6.07) is 8.37. The number of aromatic nitrogens is 3. The zero-order chi connectivity index (χ0) is 19.2. The van der Waals surface area contributed by atoms with Gasteiger partial charge in [-0.15, -0.1) is 0 Å². The van der Waals surface area contributed by atoms with E-state index in [1.54, 1.807) is 7.05 Å². The second kappa shape index (κ2) is 8.88. The number of fused-ring (bicyclic) bond motifs is 1. The minimum Gasteiger partial charge on any atom is -0.489 e. The van der Waals surface area contributed by atoms with Crippen LogP contribution in [-0.2, 0) is 19.4 Å². The lowest BCUT2D eigenvalue weighted by molar-refractivity contribution is 0.222. The first kappa shape index (κ1) is 19.2. The molecule has 0 saturated carbocycles. The van der Waals surface area contributed by atoms with Crippen molar-refractivity contribution >= 4 is 5.96 Å². The number of hydrogen-bond donors (Lipinski definition) is 2. The van der Waals surface area contributed by atoms with Gasteiger partial charge in [0.05, 0.1) is 13.1 Å².